The molecule has 0 bridgehead atoms. The number of rotatable bonds is 20. The van der Waals surface area contributed by atoms with Gasteiger partial charge in [-0.05, 0) is 178 Å². The smallest absolute Gasteiger partial charge is 0.307 e. The van der Waals surface area contributed by atoms with Gasteiger partial charge in [0.05, 0.1) is 24.2 Å². The van der Waals surface area contributed by atoms with Crippen molar-refractivity contribution in [2.24, 2.45) is 35.5 Å². The van der Waals surface area contributed by atoms with Gasteiger partial charge in [0.2, 0.25) is 5.91 Å². The minimum atomic E-state index is -0.848. The summed E-state index contributed by atoms with van der Waals surface area (Å²) in [6.45, 7) is 5.06. The highest BCUT2D eigenvalue weighted by Gasteiger charge is 2.33. The van der Waals surface area contributed by atoms with Gasteiger partial charge in [-0.3, -0.25) is 19.2 Å². The molecule has 6 N–H and O–H groups in total. The molecule has 11 nitrogen and oxygen atoms in total. The van der Waals surface area contributed by atoms with Crippen molar-refractivity contribution in [1.29, 1.82) is 0 Å². The Kier molecular flexibility index (Phi) is 16.1. The summed E-state index contributed by atoms with van der Waals surface area (Å²) >= 11 is 19.8. The molecule has 3 saturated heterocycles. The summed E-state index contributed by atoms with van der Waals surface area (Å²) in [7, 11) is 0. The lowest BCUT2D eigenvalue weighted by Crippen LogP contribution is -2.36. The maximum atomic E-state index is 14.3. The van der Waals surface area contributed by atoms with Gasteiger partial charge >= 0.3 is 17.9 Å². The quantitative estimate of drug-likeness (QED) is 0.0786. The van der Waals surface area contributed by atoms with Crippen molar-refractivity contribution in [2.45, 2.75) is 57.8 Å². The van der Waals surface area contributed by atoms with Gasteiger partial charge < -0.3 is 36.2 Å². The number of hydrogen-bond acceptors (Lipinski definition) is 7. The normalized spacial score (nSPS) is 20.6. The van der Waals surface area contributed by atoms with Gasteiger partial charge in [-0.25, -0.2) is 0 Å². The first kappa shape index (κ1) is 44.8. The lowest BCUT2D eigenvalue weighted by molar-refractivity contribution is -0.144. The van der Waals surface area contributed by atoms with E-state index in [2.05, 4.69) is 16.0 Å². The zero-order valence-electron chi connectivity index (χ0n) is 33.2. The fourth-order valence-electron chi connectivity index (χ4n) is 9.26. The summed E-state index contributed by atoms with van der Waals surface area (Å²) in [5.74, 6) is -4.22. The number of carboxylic acids is 3. The molecule has 0 saturated carbocycles. The molecular formula is C45H55Cl3N4O7. The number of halogens is 3. The topological polar surface area (TPSA) is 168 Å². The second kappa shape index (κ2) is 21.2. The molecule has 318 valence electrons. The molecule has 3 aromatic rings. The van der Waals surface area contributed by atoms with Crippen LogP contribution < -0.4 is 16.0 Å². The fraction of sp³-hybridized carbons (Fsp3) is 0.511. The Balaban J connectivity index is 1.21. The number of nitrogens with one attached hydrogen (secondary N) is 3. The average Bonchev–Trinajstić information content (AvgIpc) is 4.00. The lowest BCUT2D eigenvalue weighted by atomic mass is 9.85. The highest BCUT2D eigenvalue weighted by Crippen LogP contribution is 2.29. The van der Waals surface area contributed by atoms with Gasteiger partial charge in [0.25, 0.3) is 0 Å². The third kappa shape index (κ3) is 12.9. The fourth-order valence-corrected chi connectivity index (χ4v) is 10.1. The van der Waals surface area contributed by atoms with Crippen LogP contribution in [0, 0.1) is 35.5 Å². The summed E-state index contributed by atoms with van der Waals surface area (Å²) in [5.41, 5.74) is 4.90. The number of amides is 1. The SMILES string of the molecule is O=C(O)C(Cc1cc(Cl)cc(CCN(CCc2cc(Cl)cc(CC(C(=O)O)C3CCNC3)c2)C(=O)Cc2cc(Cl)cc(CC(C(=O)O)C3CCNC3)c2)c1)C1CCNC1. The molecule has 3 aliphatic heterocycles. The Bertz CT molecular complexity index is 1870. The van der Waals surface area contributed by atoms with Crippen LogP contribution in [0.1, 0.15) is 52.6 Å². The summed E-state index contributed by atoms with van der Waals surface area (Å²) < 4.78 is 0. The van der Waals surface area contributed by atoms with E-state index in [-0.39, 0.29) is 30.1 Å². The molecule has 0 aliphatic carbocycles. The first-order valence-corrected chi connectivity index (χ1v) is 21.9. The van der Waals surface area contributed by atoms with Gasteiger partial charge in [0, 0.05) is 28.2 Å². The van der Waals surface area contributed by atoms with Crippen LogP contribution in [0.4, 0.5) is 0 Å². The summed E-state index contributed by atoms with van der Waals surface area (Å²) in [4.78, 5) is 52.9. The number of carboxylic acid groups (broad SMARTS) is 3. The Labute approximate surface area is 361 Å². The minimum absolute atomic E-state index is 0.00975. The molecule has 3 fully saturated rings. The first-order valence-electron chi connectivity index (χ1n) is 20.7. The maximum absolute atomic E-state index is 14.3. The van der Waals surface area contributed by atoms with E-state index >= 15 is 0 Å². The van der Waals surface area contributed by atoms with Crippen LogP contribution in [0.2, 0.25) is 15.1 Å². The summed E-state index contributed by atoms with van der Waals surface area (Å²) in [5, 5.41) is 41.4. The number of carbonyl (C=O) groups is 4. The number of benzene rings is 3. The van der Waals surface area contributed by atoms with Crippen molar-refractivity contribution >= 4 is 58.6 Å². The monoisotopic (exact) mass is 868 g/mol. The first-order chi connectivity index (χ1) is 28.3. The van der Waals surface area contributed by atoms with Crippen LogP contribution in [0.25, 0.3) is 0 Å². The van der Waals surface area contributed by atoms with E-state index in [9.17, 15) is 34.5 Å². The van der Waals surface area contributed by atoms with E-state index in [0.29, 0.717) is 85.5 Å². The molecule has 6 unspecified atom stereocenters. The Hall–Kier alpha value is -3.71. The minimum Gasteiger partial charge on any atom is -0.481 e. The van der Waals surface area contributed by atoms with E-state index in [1.165, 1.54) is 0 Å². The third-order valence-corrected chi connectivity index (χ3v) is 13.1. The molecule has 14 heteroatoms. The third-order valence-electron chi connectivity index (χ3n) is 12.4. The largest absolute Gasteiger partial charge is 0.481 e. The molecule has 3 aromatic carbocycles. The van der Waals surface area contributed by atoms with Gasteiger partial charge in [0.1, 0.15) is 0 Å². The van der Waals surface area contributed by atoms with Gasteiger partial charge in [-0.1, -0.05) is 53.0 Å². The van der Waals surface area contributed by atoms with Gasteiger partial charge in [-0.2, -0.15) is 0 Å². The van der Waals surface area contributed by atoms with Crippen molar-refractivity contribution in [1.82, 2.24) is 20.9 Å². The van der Waals surface area contributed by atoms with Gasteiger partial charge in [-0.15, -0.1) is 0 Å². The van der Waals surface area contributed by atoms with E-state index in [0.717, 1.165) is 66.7 Å². The molecule has 1 amide bonds. The van der Waals surface area contributed by atoms with E-state index in [1.54, 1.807) is 17.0 Å². The zero-order valence-corrected chi connectivity index (χ0v) is 35.5. The predicted octanol–water partition coefficient (Wildman–Crippen LogP) is 6.06. The Morgan fingerprint density at radius 2 is 0.847 bits per heavy atom. The van der Waals surface area contributed by atoms with E-state index < -0.39 is 35.7 Å². The van der Waals surface area contributed by atoms with Crippen molar-refractivity contribution in [3.63, 3.8) is 0 Å². The highest BCUT2D eigenvalue weighted by atomic mass is 35.5. The van der Waals surface area contributed by atoms with Crippen LogP contribution in [-0.4, -0.2) is 96.4 Å². The van der Waals surface area contributed by atoms with Crippen molar-refractivity contribution in [2.75, 3.05) is 52.4 Å². The van der Waals surface area contributed by atoms with Crippen LogP contribution in [0.15, 0.2) is 54.6 Å². The molecule has 0 radical (unpaired) electrons. The number of nitrogens with zero attached hydrogens (tertiary/aromatic N) is 1. The van der Waals surface area contributed by atoms with Crippen LogP contribution >= 0.6 is 34.8 Å². The number of carbonyl (C=O) groups excluding carboxylic acids is 1. The molecule has 0 spiro atoms. The second-order valence-corrected chi connectivity index (χ2v) is 18.0. The standard InChI is InChI=1S/C45H55Cl3N4O7/c46-36-14-27(11-29(16-36)20-39(43(54)55)33-1-6-49-24-33)4-9-52(10-5-28-12-30(17-37(47)15-28)21-40(44(56)57)34-2-7-50-25-34)42(53)23-32-13-31(18-38(48)19-32)22-41(45(58)59)35-3-8-51-26-35/h11-19,33-35,39-41,49-51H,1-10,20-26H2,(H,54,55)(H,56,57)(H,58,59). The molecule has 59 heavy (non-hydrogen) atoms. The predicted molar refractivity (Wildman–Crippen MR) is 229 cm³/mol. The molecular weight excluding hydrogens is 815 g/mol. The van der Waals surface area contributed by atoms with Gasteiger partial charge in [0.15, 0.2) is 0 Å². The molecule has 6 atom stereocenters. The lowest BCUT2D eigenvalue weighted by Gasteiger charge is -2.24. The Morgan fingerprint density at radius 1 is 0.525 bits per heavy atom. The van der Waals surface area contributed by atoms with Crippen LogP contribution in [0.5, 0.6) is 0 Å². The second-order valence-electron chi connectivity index (χ2n) is 16.7. The Morgan fingerprint density at radius 3 is 1.17 bits per heavy atom. The summed E-state index contributed by atoms with van der Waals surface area (Å²) in [6, 6.07) is 16.7. The van der Waals surface area contributed by atoms with Crippen LogP contribution in [0.3, 0.4) is 0 Å². The molecule has 6 rings (SSSR count). The molecule has 0 aromatic heterocycles. The highest BCUT2D eigenvalue weighted by molar-refractivity contribution is 6.31. The molecule has 3 heterocycles. The van der Waals surface area contributed by atoms with E-state index in [4.69, 9.17) is 34.8 Å². The maximum Gasteiger partial charge on any atom is 0.307 e. The van der Waals surface area contributed by atoms with Crippen molar-refractivity contribution in [3.05, 3.63) is 103 Å². The van der Waals surface area contributed by atoms with Crippen LogP contribution in [-0.2, 0) is 57.7 Å². The van der Waals surface area contributed by atoms with Crippen molar-refractivity contribution < 1.29 is 34.5 Å². The number of aliphatic carboxylic acids is 3. The number of hydrogen-bond donors (Lipinski definition) is 6. The molecule has 3 aliphatic rings. The average molecular weight is 870 g/mol. The zero-order chi connectivity index (χ0) is 42.1. The van der Waals surface area contributed by atoms with E-state index in [1.807, 2.05) is 42.5 Å². The summed E-state index contributed by atoms with van der Waals surface area (Å²) in [6.07, 6.45) is 4.39. The van der Waals surface area contributed by atoms with Crippen molar-refractivity contribution in [3.8, 4) is 0 Å².